The molecule has 11 heteroatoms. The van der Waals surface area contributed by atoms with E-state index in [0.29, 0.717) is 39.7 Å². The summed E-state index contributed by atoms with van der Waals surface area (Å²) in [7, 11) is 0. The standard InChI is InChI=1S/C24H29Cl2N5O4/c1-24(2)10-12(21(33)31-24)6-17(20(27)32)29-22(34)18(5-11-3-4-11)30-23(35)19-9-14-15(26)7-13(25)8-16(14)28-19/h7-9,11-12,17-18,28H,3-6,10H2,1-2H3,(H2,27,32)(H,29,34)(H,30,35)(H,31,33)/t12-,17+,18+/m1/s1. The summed E-state index contributed by atoms with van der Waals surface area (Å²) in [6.07, 6.45) is 3.00. The minimum Gasteiger partial charge on any atom is -0.368 e. The van der Waals surface area contributed by atoms with Gasteiger partial charge in [-0.05, 0) is 57.2 Å². The van der Waals surface area contributed by atoms with E-state index in [4.69, 9.17) is 28.9 Å². The number of aromatic amines is 1. The summed E-state index contributed by atoms with van der Waals surface area (Å²) >= 11 is 12.3. The van der Waals surface area contributed by atoms with Crippen molar-refractivity contribution >= 4 is 57.7 Å². The summed E-state index contributed by atoms with van der Waals surface area (Å²) in [5.41, 5.74) is 5.99. The zero-order chi connectivity index (χ0) is 25.5. The number of rotatable bonds is 9. The van der Waals surface area contributed by atoms with Crippen molar-refractivity contribution in [2.75, 3.05) is 0 Å². The molecule has 0 spiro atoms. The van der Waals surface area contributed by atoms with Crippen LogP contribution in [0.4, 0.5) is 0 Å². The molecule has 188 valence electrons. The number of hydrogen-bond acceptors (Lipinski definition) is 4. The van der Waals surface area contributed by atoms with Crippen LogP contribution in [-0.4, -0.2) is 46.2 Å². The molecule has 2 heterocycles. The largest absolute Gasteiger partial charge is 0.368 e. The van der Waals surface area contributed by atoms with E-state index >= 15 is 0 Å². The fourth-order valence-electron chi connectivity index (χ4n) is 4.63. The van der Waals surface area contributed by atoms with Gasteiger partial charge >= 0.3 is 0 Å². The molecule has 3 atom stereocenters. The second-order valence-electron chi connectivity index (χ2n) is 10.2. The van der Waals surface area contributed by atoms with Gasteiger partial charge in [0.2, 0.25) is 17.7 Å². The number of nitrogens with two attached hydrogens (primary N) is 1. The number of hydrogen-bond donors (Lipinski definition) is 5. The van der Waals surface area contributed by atoms with Gasteiger partial charge in [-0.15, -0.1) is 0 Å². The summed E-state index contributed by atoms with van der Waals surface area (Å²) in [6, 6.07) is 2.95. The fourth-order valence-corrected chi connectivity index (χ4v) is 5.17. The van der Waals surface area contributed by atoms with E-state index in [2.05, 4.69) is 20.9 Å². The molecule has 9 nitrogen and oxygen atoms in total. The van der Waals surface area contributed by atoms with Gasteiger partial charge in [-0.1, -0.05) is 36.0 Å². The molecule has 4 amide bonds. The summed E-state index contributed by atoms with van der Waals surface area (Å²) < 4.78 is 0. The maximum absolute atomic E-state index is 13.2. The molecule has 35 heavy (non-hydrogen) atoms. The van der Waals surface area contributed by atoms with Gasteiger partial charge in [-0.3, -0.25) is 19.2 Å². The third-order valence-corrected chi connectivity index (χ3v) is 7.08. The van der Waals surface area contributed by atoms with Crippen molar-refractivity contribution in [1.82, 2.24) is 20.9 Å². The van der Waals surface area contributed by atoms with Gasteiger partial charge in [0.1, 0.15) is 17.8 Å². The number of aromatic nitrogens is 1. The Bertz CT molecular complexity index is 1190. The number of nitrogens with one attached hydrogen (secondary N) is 4. The molecule has 1 aliphatic heterocycles. The third-order valence-electron chi connectivity index (χ3n) is 6.55. The number of halogens is 2. The highest BCUT2D eigenvalue weighted by Gasteiger charge is 2.40. The van der Waals surface area contributed by atoms with Crippen molar-refractivity contribution in [2.24, 2.45) is 17.6 Å². The van der Waals surface area contributed by atoms with Crippen molar-refractivity contribution in [1.29, 1.82) is 0 Å². The van der Waals surface area contributed by atoms with Crippen LogP contribution in [0.5, 0.6) is 0 Å². The van der Waals surface area contributed by atoms with E-state index in [-0.39, 0.29) is 23.6 Å². The molecule has 1 aromatic heterocycles. The normalized spacial score (nSPS) is 20.8. The lowest BCUT2D eigenvalue weighted by Crippen LogP contribution is -2.53. The van der Waals surface area contributed by atoms with Crippen molar-refractivity contribution in [2.45, 2.75) is 63.6 Å². The second-order valence-corrected chi connectivity index (χ2v) is 11.1. The molecular weight excluding hydrogens is 493 g/mol. The van der Waals surface area contributed by atoms with Crippen LogP contribution in [0.1, 0.15) is 56.4 Å². The monoisotopic (exact) mass is 521 g/mol. The lowest BCUT2D eigenvalue weighted by molar-refractivity contribution is -0.130. The average Bonchev–Trinajstić information content (AvgIpc) is 3.39. The van der Waals surface area contributed by atoms with E-state index in [1.165, 1.54) is 0 Å². The Hall–Kier alpha value is -2.78. The van der Waals surface area contributed by atoms with Crippen molar-refractivity contribution in [3.63, 3.8) is 0 Å². The second kappa shape index (κ2) is 9.70. The van der Waals surface area contributed by atoms with Crippen LogP contribution in [0.2, 0.25) is 10.0 Å². The lowest BCUT2D eigenvalue weighted by atomic mass is 9.91. The number of primary amides is 1. The average molecular weight is 522 g/mol. The van der Waals surface area contributed by atoms with Crippen molar-refractivity contribution in [3.05, 3.63) is 33.9 Å². The van der Waals surface area contributed by atoms with Crippen LogP contribution in [0.3, 0.4) is 0 Å². The number of benzene rings is 1. The summed E-state index contributed by atoms with van der Waals surface area (Å²) in [4.78, 5) is 53.5. The number of amides is 4. The van der Waals surface area contributed by atoms with Crippen LogP contribution in [0, 0.1) is 11.8 Å². The predicted octanol–water partition coefficient (Wildman–Crippen LogP) is 2.65. The highest BCUT2D eigenvalue weighted by atomic mass is 35.5. The molecule has 0 radical (unpaired) electrons. The number of carbonyl (C=O) groups excluding carboxylic acids is 4. The van der Waals surface area contributed by atoms with Gasteiger partial charge in [-0.25, -0.2) is 0 Å². The molecule has 2 fully saturated rings. The van der Waals surface area contributed by atoms with E-state index in [1.54, 1.807) is 18.2 Å². The number of H-pyrrole nitrogens is 1. The van der Waals surface area contributed by atoms with Crippen molar-refractivity contribution in [3.8, 4) is 0 Å². The summed E-state index contributed by atoms with van der Waals surface area (Å²) in [5, 5.41) is 9.78. The molecule has 2 aromatic rings. The number of carbonyl (C=O) groups is 4. The quantitative estimate of drug-likeness (QED) is 0.345. The van der Waals surface area contributed by atoms with E-state index in [1.807, 2.05) is 13.8 Å². The van der Waals surface area contributed by atoms with Gasteiger partial charge in [0.25, 0.3) is 5.91 Å². The molecule has 6 N–H and O–H groups in total. The maximum atomic E-state index is 13.2. The van der Waals surface area contributed by atoms with E-state index in [9.17, 15) is 19.2 Å². The smallest absolute Gasteiger partial charge is 0.268 e. The fraction of sp³-hybridized carbons (Fsp3) is 0.500. The topological polar surface area (TPSA) is 146 Å². The highest BCUT2D eigenvalue weighted by Crippen LogP contribution is 2.34. The molecule has 0 unspecified atom stereocenters. The Kier molecular flexibility index (Phi) is 7.02. The molecule has 1 saturated heterocycles. The van der Waals surface area contributed by atoms with Crippen LogP contribution < -0.4 is 21.7 Å². The van der Waals surface area contributed by atoms with Crippen LogP contribution in [0.25, 0.3) is 10.9 Å². The van der Waals surface area contributed by atoms with E-state index in [0.717, 1.165) is 12.8 Å². The Morgan fingerprint density at radius 2 is 1.83 bits per heavy atom. The molecule has 2 aliphatic rings. The first-order valence-corrected chi connectivity index (χ1v) is 12.4. The lowest BCUT2D eigenvalue weighted by Gasteiger charge is -2.23. The molecular formula is C24H29Cl2N5O4. The third kappa shape index (κ3) is 6.08. The zero-order valence-corrected chi connectivity index (χ0v) is 21.1. The molecule has 1 aliphatic carbocycles. The first kappa shape index (κ1) is 25.3. The Balaban J connectivity index is 1.46. The number of fused-ring (bicyclic) bond motifs is 1. The van der Waals surface area contributed by atoms with Crippen LogP contribution in [0.15, 0.2) is 18.2 Å². The van der Waals surface area contributed by atoms with E-state index < -0.39 is 35.7 Å². The summed E-state index contributed by atoms with van der Waals surface area (Å²) in [5.74, 6) is -2.02. The highest BCUT2D eigenvalue weighted by molar-refractivity contribution is 6.38. The Morgan fingerprint density at radius 3 is 2.43 bits per heavy atom. The maximum Gasteiger partial charge on any atom is 0.268 e. The Labute approximate surface area is 212 Å². The van der Waals surface area contributed by atoms with Gasteiger partial charge < -0.3 is 26.7 Å². The van der Waals surface area contributed by atoms with Crippen molar-refractivity contribution < 1.29 is 19.2 Å². The van der Waals surface area contributed by atoms with Gasteiger partial charge in [0, 0.05) is 27.4 Å². The van der Waals surface area contributed by atoms with Crippen LogP contribution >= 0.6 is 23.2 Å². The predicted molar refractivity (Wildman–Crippen MR) is 133 cm³/mol. The minimum atomic E-state index is -1.03. The van der Waals surface area contributed by atoms with Gasteiger partial charge in [0.15, 0.2) is 0 Å². The van der Waals surface area contributed by atoms with Crippen LogP contribution in [-0.2, 0) is 14.4 Å². The molecule has 1 saturated carbocycles. The minimum absolute atomic E-state index is 0.0989. The van der Waals surface area contributed by atoms with Gasteiger partial charge in [-0.2, -0.15) is 0 Å². The first-order valence-electron chi connectivity index (χ1n) is 11.6. The first-order chi connectivity index (χ1) is 16.4. The molecule has 0 bridgehead atoms. The SMILES string of the molecule is CC1(C)C[C@@H](C[C@H](NC(=O)[C@H](CC2CC2)NC(=O)c2cc3c(Cl)cc(Cl)cc3[nH]2)C(N)=O)C(=O)N1. The van der Waals surface area contributed by atoms with Gasteiger partial charge in [0.05, 0.1) is 5.02 Å². The molecule has 4 rings (SSSR count). The zero-order valence-electron chi connectivity index (χ0n) is 19.5. The summed E-state index contributed by atoms with van der Waals surface area (Å²) in [6.45, 7) is 3.80. The Morgan fingerprint density at radius 1 is 1.11 bits per heavy atom. The molecule has 1 aromatic carbocycles.